The summed E-state index contributed by atoms with van der Waals surface area (Å²) in [6.45, 7) is 9.93. The lowest BCUT2D eigenvalue weighted by Crippen LogP contribution is -2.48. The van der Waals surface area contributed by atoms with Crippen molar-refractivity contribution in [1.82, 2.24) is 10.2 Å². The molecule has 1 heterocycles. The van der Waals surface area contributed by atoms with Gasteiger partial charge in [-0.1, -0.05) is 38.4 Å². The molecule has 1 fully saturated rings. The number of alkyl halides is 3. The van der Waals surface area contributed by atoms with E-state index in [9.17, 15) is 13.2 Å². The molecule has 1 aromatic rings. The lowest BCUT2D eigenvalue weighted by atomic mass is 9.81. The molecule has 9 heteroatoms. The molecule has 2 rings (SSSR count). The summed E-state index contributed by atoms with van der Waals surface area (Å²) in [6, 6.07) is 4.62. The standard InChI is InChI=1S/C16H22ClF3N2O.2ClH/c1-15(2,3)14(22-8-6-21-7-9-22)11-4-5-13(12(17)10-11)23-16(18,19)20;;/h4-5,10,14,21H,6-9H2,1-3H3;2*1H/t14-;;/m1../s1. The number of rotatable bonds is 3. The van der Waals surface area contributed by atoms with Gasteiger partial charge in [0.2, 0.25) is 0 Å². The third-order valence-corrected chi connectivity index (χ3v) is 4.13. The predicted molar refractivity (Wildman–Crippen MR) is 99.3 cm³/mol. The number of nitrogens with one attached hydrogen (secondary N) is 1. The van der Waals surface area contributed by atoms with E-state index in [1.54, 1.807) is 12.1 Å². The molecule has 0 amide bonds. The molecule has 0 aromatic heterocycles. The third-order valence-electron chi connectivity index (χ3n) is 3.83. The molecular formula is C16H24Cl3F3N2O. The van der Waals surface area contributed by atoms with Gasteiger partial charge < -0.3 is 10.1 Å². The zero-order valence-corrected chi connectivity index (χ0v) is 16.7. The van der Waals surface area contributed by atoms with Crippen LogP contribution in [0.15, 0.2) is 18.2 Å². The van der Waals surface area contributed by atoms with Gasteiger partial charge in [0.05, 0.1) is 5.02 Å². The van der Waals surface area contributed by atoms with Gasteiger partial charge >= 0.3 is 6.36 Å². The van der Waals surface area contributed by atoms with Gasteiger partial charge in [0.25, 0.3) is 0 Å². The Kier molecular flexibility index (Phi) is 9.36. The summed E-state index contributed by atoms with van der Waals surface area (Å²) in [4.78, 5) is 2.34. The van der Waals surface area contributed by atoms with E-state index in [4.69, 9.17) is 11.6 Å². The van der Waals surface area contributed by atoms with Crippen LogP contribution < -0.4 is 10.1 Å². The maximum absolute atomic E-state index is 12.4. The largest absolute Gasteiger partial charge is 0.573 e. The van der Waals surface area contributed by atoms with Crippen LogP contribution in [-0.2, 0) is 0 Å². The Hall–Kier alpha value is -0.400. The van der Waals surface area contributed by atoms with Crippen LogP contribution >= 0.6 is 36.4 Å². The highest BCUT2D eigenvalue weighted by atomic mass is 35.5. The fourth-order valence-electron chi connectivity index (χ4n) is 3.09. The number of hydrogen-bond donors (Lipinski definition) is 1. The second-order valence-electron chi connectivity index (χ2n) is 6.79. The summed E-state index contributed by atoms with van der Waals surface area (Å²) in [5, 5.41) is 3.28. The van der Waals surface area contributed by atoms with Crippen molar-refractivity contribution in [3.05, 3.63) is 28.8 Å². The van der Waals surface area contributed by atoms with Gasteiger partial charge in [-0.25, -0.2) is 0 Å². The Morgan fingerprint density at radius 2 is 1.68 bits per heavy atom. The summed E-state index contributed by atoms with van der Waals surface area (Å²) in [5.41, 5.74) is 0.825. The average Bonchev–Trinajstić information content (AvgIpc) is 2.40. The molecule has 0 bridgehead atoms. The molecule has 0 spiro atoms. The fourth-order valence-corrected chi connectivity index (χ4v) is 3.32. The van der Waals surface area contributed by atoms with Gasteiger partial charge in [-0.2, -0.15) is 0 Å². The zero-order valence-electron chi connectivity index (χ0n) is 14.3. The van der Waals surface area contributed by atoms with Crippen molar-refractivity contribution < 1.29 is 17.9 Å². The number of nitrogens with zero attached hydrogens (tertiary/aromatic N) is 1. The SMILES string of the molecule is CC(C)(C)[C@@H](c1ccc(OC(F)(F)F)c(Cl)c1)N1CCNCC1.Cl.Cl. The molecule has 146 valence electrons. The number of hydrogen-bond acceptors (Lipinski definition) is 3. The highest BCUT2D eigenvalue weighted by Gasteiger charge is 2.35. The molecule has 25 heavy (non-hydrogen) atoms. The van der Waals surface area contributed by atoms with Crippen molar-refractivity contribution in [2.45, 2.75) is 33.2 Å². The Bertz CT molecular complexity index is 544. The number of benzene rings is 1. The first-order valence-electron chi connectivity index (χ1n) is 7.58. The Morgan fingerprint density at radius 1 is 1.12 bits per heavy atom. The number of piperazine rings is 1. The predicted octanol–water partition coefficient (Wildman–Crippen LogP) is 5.07. The first-order chi connectivity index (χ1) is 10.6. The monoisotopic (exact) mass is 422 g/mol. The molecule has 0 aliphatic carbocycles. The second-order valence-corrected chi connectivity index (χ2v) is 7.20. The summed E-state index contributed by atoms with van der Waals surface area (Å²) >= 11 is 6.01. The van der Waals surface area contributed by atoms with Gasteiger partial charge in [0.1, 0.15) is 5.75 Å². The van der Waals surface area contributed by atoms with Gasteiger partial charge in [0, 0.05) is 32.2 Å². The summed E-state index contributed by atoms with van der Waals surface area (Å²) in [6.07, 6.45) is -4.74. The highest BCUT2D eigenvalue weighted by molar-refractivity contribution is 6.32. The van der Waals surface area contributed by atoms with Crippen LogP contribution in [0.25, 0.3) is 0 Å². The van der Waals surface area contributed by atoms with Gasteiger partial charge in [-0.05, 0) is 23.1 Å². The van der Waals surface area contributed by atoms with Crippen LogP contribution in [0, 0.1) is 5.41 Å². The van der Waals surface area contributed by atoms with Crippen molar-refractivity contribution in [2.75, 3.05) is 26.2 Å². The summed E-state index contributed by atoms with van der Waals surface area (Å²) in [7, 11) is 0. The normalized spacial score (nSPS) is 17.2. The second kappa shape index (κ2) is 9.51. The summed E-state index contributed by atoms with van der Waals surface area (Å²) in [5.74, 6) is -0.365. The Labute approximate surface area is 164 Å². The van der Waals surface area contributed by atoms with Crippen LogP contribution in [0.2, 0.25) is 5.02 Å². The van der Waals surface area contributed by atoms with E-state index in [-0.39, 0.29) is 47.0 Å². The van der Waals surface area contributed by atoms with Gasteiger partial charge in [-0.15, -0.1) is 38.0 Å². The highest BCUT2D eigenvalue weighted by Crippen LogP contribution is 2.41. The quantitative estimate of drug-likeness (QED) is 0.734. The number of ether oxygens (including phenoxy) is 1. The van der Waals surface area contributed by atoms with E-state index in [1.165, 1.54) is 6.07 Å². The van der Waals surface area contributed by atoms with Crippen LogP contribution in [-0.4, -0.2) is 37.4 Å². The Morgan fingerprint density at radius 3 is 2.12 bits per heavy atom. The lowest BCUT2D eigenvalue weighted by molar-refractivity contribution is -0.274. The Balaban J connectivity index is 0.00000288. The molecule has 1 aliphatic heterocycles. The molecule has 0 radical (unpaired) electrons. The minimum atomic E-state index is -4.74. The molecule has 1 saturated heterocycles. The number of halogens is 6. The van der Waals surface area contributed by atoms with E-state index in [1.807, 2.05) is 0 Å². The lowest BCUT2D eigenvalue weighted by Gasteiger charge is -2.42. The van der Waals surface area contributed by atoms with Crippen molar-refractivity contribution in [2.24, 2.45) is 5.41 Å². The topological polar surface area (TPSA) is 24.5 Å². The smallest absolute Gasteiger partial charge is 0.404 e. The van der Waals surface area contributed by atoms with E-state index in [2.05, 4.69) is 35.7 Å². The summed E-state index contributed by atoms with van der Waals surface area (Å²) < 4.78 is 41.0. The van der Waals surface area contributed by atoms with Crippen molar-refractivity contribution >= 4 is 36.4 Å². The minimum Gasteiger partial charge on any atom is -0.404 e. The van der Waals surface area contributed by atoms with E-state index < -0.39 is 6.36 Å². The van der Waals surface area contributed by atoms with Crippen molar-refractivity contribution in [1.29, 1.82) is 0 Å². The third kappa shape index (κ3) is 7.02. The first kappa shape index (κ1) is 24.6. The van der Waals surface area contributed by atoms with E-state index in [0.29, 0.717) is 0 Å². The molecule has 1 N–H and O–H groups in total. The minimum absolute atomic E-state index is 0. The van der Waals surface area contributed by atoms with E-state index >= 15 is 0 Å². The average molecular weight is 424 g/mol. The molecule has 1 aromatic carbocycles. The van der Waals surface area contributed by atoms with Gasteiger partial charge in [-0.3, -0.25) is 4.90 Å². The van der Waals surface area contributed by atoms with Crippen LogP contribution in [0.3, 0.4) is 0 Å². The molecule has 3 nitrogen and oxygen atoms in total. The van der Waals surface area contributed by atoms with E-state index in [0.717, 1.165) is 31.7 Å². The molecular weight excluding hydrogens is 400 g/mol. The van der Waals surface area contributed by atoms with Crippen LogP contribution in [0.5, 0.6) is 5.75 Å². The molecule has 0 saturated carbocycles. The molecule has 0 unspecified atom stereocenters. The van der Waals surface area contributed by atoms with Crippen LogP contribution in [0.1, 0.15) is 32.4 Å². The first-order valence-corrected chi connectivity index (χ1v) is 7.96. The van der Waals surface area contributed by atoms with Gasteiger partial charge in [0.15, 0.2) is 0 Å². The molecule has 1 aliphatic rings. The molecule has 1 atom stereocenters. The maximum atomic E-state index is 12.4. The van der Waals surface area contributed by atoms with Crippen molar-refractivity contribution in [3.8, 4) is 5.75 Å². The van der Waals surface area contributed by atoms with Crippen LogP contribution in [0.4, 0.5) is 13.2 Å². The van der Waals surface area contributed by atoms with Crippen molar-refractivity contribution in [3.63, 3.8) is 0 Å². The fraction of sp³-hybridized carbons (Fsp3) is 0.625. The maximum Gasteiger partial charge on any atom is 0.573 e. The zero-order chi connectivity index (χ0) is 17.3.